The molecule has 0 aromatic heterocycles. The highest BCUT2D eigenvalue weighted by Gasteiger charge is 2.16. The minimum Gasteiger partial charge on any atom is -0.473 e. The molecule has 9 heteroatoms. The van der Waals surface area contributed by atoms with Gasteiger partial charge in [-0.1, -0.05) is 12.2 Å². The maximum absolute atomic E-state index is 13.9. The number of anilines is 1. The number of hydrogen-bond donors (Lipinski definition) is 2. The largest absolute Gasteiger partial charge is 0.473 e. The Morgan fingerprint density at radius 1 is 1.38 bits per heavy atom. The van der Waals surface area contributed by atoms with Crippen molar-refractivity contribution in [2.24, 2.45) is 0 Å². The minimum absolute atomic E-state index is 0.129. The Kier molecular flexibility index (Phi) is 6.76. The summed E-state index contributed by atoms with van der Waals surface area (Å²) in [4.78, 5) is 24.5. The molecule has 0 spiro atoms. The van der Waals surface area contributed by atoms with Gasteiger partial charge in [0.05, 0.1) is 12.5 Å². The molecule has 0 saturated carbocycles. The average Bonchev–Trinajstić information content (AvgIpc) is 2.44. The Morgan fingerprint density at radius 3 is 2.42 bits per heavy atom. The van der Waals surface area contributed by atoms with E-state index in [-0.39, 0.29) is 12.1 Å². The Bertz CT molecular complexity index is 702. The van der Waals surface area contributed by atoms with Crippen molar-refractivity contribution >= 4 is 29.5 Å². The number of hydrogen-bond acceptors (Lipinski definition) is 3. The zero-order valence-corrected chi connectivity index (χ0v) is 12.9. The van der Waals surface area contributed by atoms with Gasteiger partial charge in [-0.15, -0.1) is 0 Å². The number of amides is 1. The lowest BCUT2D eigenvalue weighted by atomic mass is 10.1. The highest BCUT2D eigenvalue weighted by Crippen LogP contribution is 2.20. The Morgan fingerprint density at radius 2 is 1.96 bits per heavy atom. The molecule has 0 atom stereocenters. The minimum atomic E-state index is -1.45. The van der Waals surface area contributed by atoms with E-state index in [9.17, 15) is 18.4 Å². The highest BCUT2D eigenvalue weighted by molar-refractivity contribution is 6.33. The van der Waals surface area contributed by atoms with Gasteiger partial charge in [0.15, 0.2) is 0 Å². The number of benzene rings is 1. The lowest BCUT2D eigenvalue weighted by Crippen LogP contribution is -2.18. The standard InChI is InChI=1S/C15H15F2N3O4/c1-8(2)24-15(23)19-9-6-11(16)10(12(17)7-9)4-3-5-13(20-18)14(21)22/h3-4,6-8H,5H2,1-2H3,(H,19,23)(H,21,22). The summed E-state index contributed by atoms with van der Waals surface area (Å²) in [5.41, 5.74) is 7.32. The molecule has 0 fully saturated rings. The second-order valence-corrected chi connectivity index (χ2v) is 4.89. The molecule has 0 heterocycles. The maximum atomic E-state index is 13.9. The number of carbonyl (C=O) groups is 2. The van der Waals surface area contributed by atoms with Gasteiger partial charge >= 0.3 is 17.8 Å². The van der Waals surface area contributed by atoms with E-state index in [0.717, 1.165) is 24.3 Å². The van der Waals surface area contributed by atoms with Gasteiger partial charge in [-0.3, -0.25) is 5.32 Å². The Labute approximate surface area is 136 Å². The fourth-order valence-corrected chi connectivity index (χ4v) is 1.64. The van der Waals surface area contributed by atoms with E-state index in [2.05, 4.69) is 10.1 Å². The molecule has 1 aromatic rings. The maximum Gasteiger partial charge on any atom is 0.414 e. The number of nitrogens with zero attached hydrogens (tertiary/aromatic N) is 2. The van der Waals surface area contributed by atoms with Crippen LogP contribution in [0.3, 0.4) is 0 Å². The number of nitrogens with one attached hydrogen (secondary N) is 1. The van der Waals surface area contributed by atoms with Crippen LogP contribution >= 0.6 is 0 Å². The first-order valence-electron chi connectivity index (χ1n) is 6.82. The number of carbonyl (C=O) groups excluding carboxylic acids is 1. The predicted molar refractivity (Wildman–Crippen MR) is 81.5 cm³/mol. The van der Waals surface area contributed by atoms with Crippen LogP contribution in [0.4, 0.5) is 19.3 Å². The number of halogens is 2. The van der Waals surface area contributed by atoms with Crippen LogP contribution in [-0.2, 0) is 9.53 Å². The van der Waals surface area contributed by atoms with Crippen molar-refractivity contribution in [1.82, 2.24) is 0 Å². The molecule has 0 radical (unpaired) electrons. The van der Waals surface area contributed by atoms with Crippen LogP contribution in [0, 0.1) is 11.6 Å². The molecule has 1 aromatic carbocycles. The summed E-state index contributed by atoms with van der Waals surface area (Å²) >= 11 is 0. The first-order chi connectivity index (χ1) is 11.2. The molecule has 0 aliphatic rings. The van der Waals surface area contributed by atoms with E-state index in [0.29, 0.717) is 0 Å². The number of carboxylic acid groups (broad SMARTS) is 1. The molecule has 0 aliphatic carbocycles. The fourth-order valence-electron chi connectivity index (χ4n) is 1.64. The predicted octanol–water partition coefficient (Wildman–Crippen LogP) is 3.08. The quantitative estimate of drug-likeness (QED) is 0.471. The van der Waals surface area contributed by atoms with Crippen molar-refractivity contribution in [3.8, 4) is 0 Å². The summed E-state index contributed by atoms with van der Waals surface area (Å²) in [6, 6.07) is 1.78. The van der Waals surface area contributed by atoms with E-state index in [1.165, 1.54) is 0 Å². The number of allylic oxidation sites excluding steroid dienone is 1. The van der Waals surface area contributed by atoms with Crippen molar-refractivity contribution in [3.63, 3.8) is 0 Å². The average molecular weight is 339 g/mol. The van der Waals surface area contributed by atoms with Gasteiger partial charge in [0, 0.05) is 11.3 Å². The topological polar surface area (TPSA) is 112 Å². The van der Waals surface area contributed by atoms with Gasteiger partial charge in [0.2, 0.25) is 0 Å². The molecule has 128 valence electrons. The highest BCUT2D eigenvalue weighted by atomic mass is 19.1. The van der Waals surface area contributed by atoms with Crippen LogP contribution in [0.2, 0.25) is 0 Å². The van der Waals surface area contributed by atoms with E-state index >= 15 is 0 Å². The third-order valence-electron chi connectivity index (χ3n) is 2.63. The third kappa shape index (κ3) is 5.62. The van der Waals surface area contributed by atoms with E-state index < -0.39 is 41.1 Å². The van der Waals surface area contributed by atoms with Crippen LogP contribution in [-0.4, -0.2) is 33.8 Å². The second kappa shape index (κ2) is 8.54. The van der Waals surface area contributed by atoms with Gasteiger partial charge in [0.1, 0.15) is 11.6 Å². The molecular formula is C15H15F2N3O4. The summed E-state index contributed by atoms with van der Waals surface area (Å²) in [7, 11) is 0. The zero-order valence-electron chi connectivity index (χ0n) is 12.9. The van der Waals surface area contributed by atoms with Crippen LogP contribution in [0.15, 0.2) is 18.2 Å². The van der Waals surface area contributed by atoms with E-state index in [1.807, 2.05) is 0 Å². The van der Waals surface area contributed by atoms with Crippen LogP contribution in [0.1, 0.15) is 25.8 Å². The molecule has 2 N–H and O–H groups in total. The fraction of sp³-hybridized carbons (Fsp3) is 0.267. The van der Waals surface area contributed by atoms with Gasteiger partial charge in [-0.25, -0.2) is 18.4 Å². The van der Waals surface area contributed by atoms with Gasteiger partial charge < -0.3 is 15.4 Å². The van der Waals surface area contributed by atoms with Crippen molar-refractivity contribution in [1.29, 1.82) is 0 Å². The smallest absolute Gasteiger partial charge is 0.414 e. The third-order valence-corrected chi connectivity index (χ3v) is 2.63. The molecule has 0 aliphatic heterocycles. The number of ether oxygens (including phenoxy) is 1. The molecule has 24 heavy (non-hydrogen) atoms. The molecular weight excluding hydrogens is 324 g/mol. The summed E-state index contributed by atoms with van der Waals surface area (Å²) in [6.45, 7) is 3.24. The van der Waals surface area contributed by atoms with Crippen molar-refractivity contribution < 1.29 is 33.0 Å². The summed E-state index contributed by atoms with van der Waals surface area (Å²) in [6.07, 6.45) is 0.571. The van der Waals surface area contributed by atoms with E-state index in [4.69, 9.17) is 15.4 Å². The number of aliphatic carboxylic acids is 1. The summed E-state index contributed by atoms with van der Waals surface area (Å²) < 4.78 is 32.6. The lowest BCUT2D eigenvalue weighted by molar-refractivity contribution is -0.134. The van der Waals surface area contributed by atoms with Crippen LogP contribution < -0.4 is 5.32 Å². The van der Waals surface area contributed by atoms with Gasteiger partial charge in [-0.05, 0) is 26.0 Å². The normalized spacial score (nSPS) is 10.5. The monoisotopic (exact) mass is 339 g/mol. The van der Waals surface area contributed by atoms with Crippen LogP contribution in [0.25, 0.3) is 11.6 Å². The molecule has 0 saturated heterocycles. The Hall–Kier alpha value is -3.06. The molecule has 1 amide bonds. The summed E-state index contributed by atoms with van der Waals surface area (Å²) in [5, 5.41) is 10.8. The molecule has 0 bridgehead atoms. The van der Waals surface area contributed by atoms with E-state index in [1.54, 1.807) is 13.8 Å². The zero-order chi connectivity index (χ0) is 18.3. The van der Waals surface area contributed by atoms with Gasteiger partial charge in [-0.2, -0.15) is 4.79 Å². The van der Waals surface area contributed by atoms with Crippen molar-refractivity contribution in [2.75, 3.05) is 5.32 Å². The molecule has 7 nitrogen and oxygen atoms in total. The Balaban J connectivity index is 2.90. The second-order valence-electron chi connectivity index (χ2n) is 4.89. The SMILES string of the molecule is CC(C)OC(=O)Nc1cc(F)c(C=CCC(=[N+]=[N-])C(=O)O)c(F)c1. The molecule has 0 unspecified atom stereocenters. The van der Waals surface area contributed by atoms with Crippen molar-refractivity contribution in [3.05, 3.63) is 40.9 Å². The van der Waals surface area contributed by atoms with Crippen molar-refractivity contribution in [2.45, 2.75) is 26.4 Å². The number of rotatable bonds is 6. The first kappa shape index (κ1) is 19.0. The number of carboxylic acids is 1. The lowest BCUT2D eigenvalue weighted by Gasteiger charge is -2.10. The first-order valence-corrected chi connectivity index (χ1v) is 6.82. The molecule has 1 rings (SSSR count). The summed E-state index contributed by atoms with van der Waals surface area (Å²) in [5.74, 6) is -3.39. The van der Waals surface area contributed by atoms with Gasteiger partial charge in [0.25, 0.3) is 0 Å². The van der Waals surface area contributed by atoms with Crippen LogP contribution in [0.5, 0.6) is 0 Å².